The van der Waals surface area contributed by atoms with Gasteiger partial charge >= 0.3 is 0 Å². The molecule has 25 heavy (non-hydrogen) atoms. The fraction of sp³-hybridized carbons (Fsp3) is 0.429. The van der Waals surface area contributed by atoms with Crippen LogP contribution in [0.1, 0.15) is 20.3 Å². The number of rotatable bonds is 4. The Labute approximate surface area is 149 Å². The van der Waals surface area contributed by atoms with Gasteiger partial charge in [-0.2, -0.15) is 0 Å². The zero-order valence-corrected chi connectivity index (χ0v) is 15.3. The maximum absolute atomic E-state index is 10.8. The molecule has 1 N–H and O–H groups in total. The van der Waals surface area contributed by atoms with E-state index in [2.05, 4.69) is 84.0 Å². The molecule has 0 bridgehead atoms. The predicted molar refractivity (Wildman–Crippen MR) is 103 cm³/mol. The molecule has 0 radical (unpaired) electrons. The Balaban J connectivity index is 1.64. The van der Waals surface area contributed by atoms with Crippen molar-refractivity contribution in [3.8, 4) is 0 Å². The normalized spacial score (nSPS) is 23.7. The van der Waals surface area contributed by atoms with E-state index in [0.29, 0.717) is 25.2 Å². The van der Waals surface area contributed by atoms with E-state index in [4.69, 9.17) is 0 Å². The summed E-state index contributed by atoms with van der Waals surface area (Å²) < 4.78 is 2.26. The lowest BCUT2D eigenvalue weighted by Gasteiger charge is -2.31. The maximum Gasteiger partial charge on any atom is 0.0860 e. The van der Waals surface area contributed by atoms with Crippen molar-refractivity contribution in [2.75, 3.05) is 13.6 Å². The summed E-state index contributed by atoms with van der Waals surface area (Å²) in [6.07, 6.45) is 0.743. The van der Waals surface area contributed by atoms with Gasteiger partial charge in [0.25, 0.3) is 0 Å². The van der Waals surface area contributed by atoms with Crippen molar-refractivity contribution < 1.29 is 5.11 Å². The minimum absolute atomic E-state index is 0.408. The van der Waals surface area contributed by atoms with Crippen LogP contribution < -0.4 is 0 Å². The van der Waals surface area contributed by atoms with E-state index in [1.165, 1.54) is 21.8 Å². The van der Waals surface area contributed by atoms with Gasteiger partial charge < -0.3 is 9.67 Å². The minimum atomic E-state index is -0.408. The second-order valence-corrected chi connectivity index (χ2v) is 7.43. The Morgan fingerprint density at radius 1 is 0.920 bits per heavy atom. The van der Waals surface area contributed by atoms with Gasteiger partial charge in [0.15, 0.2) is 0 Å². The molecule has 3 unspecified atom stereocenters. The molecule has 1 aromatic heterocycles. The van der Waals surface area contributed by atoms with Gasteiger partial charge in [0, 0.05) is 47.5 Å². The summed E-state index contributed by atoms with van der Waals surface area (Å²) in [7, 11) is 2.13. The summed E-state index contributed by atoms with van der Waals surface area (Å²) in [5.41, 5.74) is 2.39. The van der Waals surface area contributed by atoms with Crippen molar-refractivity contribution in [3.63, 3.8) is 0 Å². The largest absolute Gasteiger partial charge is 0.390 e. The van der Waals surface area contributed by atoms with E-state index in [-0.39, 0.29) is 0 Å². The Bertz CT molecular complexity index is 834. The molecule has 4 rings (SSSR count). The van der Waals surface area contributed by atoms with Crippen molar-refractivity contribution in [2.45, 2.75) is 45.0 Å². The summed E-state index contributed by atoms with van der Waals surface area (Å²) in [6.45, 7) is 5.77. The summed E-state index contributed by atoms with van der Waals surface area (Å²) in [4.78, 5) is 0. The molecular formula is C21H27N3O. The number of hydrazine groups is 1. The van der Waals surface area contributed by atoms with Crippen molar-refractivity contribution in [2.24, 2.45) is 0 Å². The monoisotopic (exact) mass is 337 g/mol. The van der Waals surface area contributed by atoms with Crippen molar-refractivity contribution in [1.82, 2.24) is 14.6 Å². The minimum Gasteiger partial charge on any atom is -0.390 e. The lowest BCUT2D eigenvalue weighted by atomic mass is 10.1. The van der Waals surface area contributed by atoms with E-state index in [1.807, 2.05) is 0 Å². The molecule has 1 saturated heterocycles. The number of fused-ring (bicyclic) bond motifs is 3. The van der Waals surface area contributed by atoms with Crippen LogP contribution in [-0.2, 0) is 6.54 Å². The van der Waals surface area contributed by atoms with Crippen LogP contribution in [-0.4, -0.2) is 51.5 Å². The van der Waals surface area contributed by atoms with Gasteiger partial charge in [-0.15, -0.1) is 0 Å². The van der Waals surface area contributed by atoms with Crippen molar-refractivity contribution >= 4 is 21.8 Å². The average Bonchev–Trinajstić information content (AvgIpc) is 3.05. The van der Waals surface area contributed by atoms with Gasteiger partial charge in [-0.25, -0.2) is 10.0 Å². The number of para-hydroxylation sites is 2. The van der Waals surface area contributed by atoms with E-state index in [0.717, 1.165) is 6.42 Å². The SMILES string of the molecule is CC1CC(C)N(CC(O)Cn2c3ccccc3c3ccccc32)N1C. The Morgan fingerprint density at radius 3 is 2.00 bits per heavy atom. The average molecular weight is 337 g/mol. The molecule has 0 aliphatic carbocycles. The first-order valence-electron chi connectivity index (χ1n) is 9.19. The number of β-amino-alcohol motifs (C(OH)–C–C–N with tert-alkyl or cyclic N) is 1. The van der Waals surface area contributed by atoms with E-state index >= 15 is 0 Å². The first kappa shape index (κ1) is 16.6. The van der Waals surface area contributed by atoms with Gasteiger partial charge in [-0.05, 0) is 32.4 Å². The third kappa shape index (κ3) is 2.84. The number of hydrogen-bond donors (Lipinski definition) is 1. The number of aliphatic hydroxyl groups is 1. The molecule has 1 fully saturated rings. The molecule has 4 nitrogen and oxygen atoms in total. The predicted octanol–water partition coefficient (Wildman–Crippen LogP) is 3.48. The van der Waals surface area contributed by atoms with E-state index < -0.39 is 6.10 Å². The summed E-state index contributed by atoms with van der Waals surface area (Å²) in [5, 5.41) is 17.9. The fourth-order valence-corrected chi connectivity index (χ4v) is 4.33. The number of benzene rings is 2. The number of aliphatic hydroxyl groups excluding tert-OH is 1. The topological polar surface area (TPSA) is 31.6 Å². The summed E-state index contributed by atoms with van der Waals surface area (Å²) in [6, 6.07) is 17.9. The van der Waals surface area contributed by atoms with Crippen molar-refractivity contribution in [1.29, 1.82) is 0 Å². The van der Waals surface area contributed by atoms with Crippen LogP contribution in [0.15, 0.2) is 48.5 Å². The van der Waals surface area contributed by atoms with Crippen LogP contribution in [0, 0.1) is 0 Å². The molecule has 1 aliphatic rings. The van der Waals surface area contributed by atoms with Crippen LogP contribution in [0.2, 0.25) is 0 Å². The Kier molecular flexibility index (Phi) is 4.28. The molecule has 0 amide bonds. The lowest BCUT2D eigenvalue weighted by Crippen LogP contribution is -2.44. The highest BCUT2D eigenvalue weighted by Crippen LogP contribution is 2.29. The highest BCUT2D eigenvalue weighted by atomic mass is 16.3. The van der Waals surface area contributed by atoms with Gasteiger partial charge in [0.1, 0.15) is 0 Å². The zero-order chi connectivity index (χ0) is 17.6. The first-order chi connectivity index (χ1) is 12.1. The molecule has 0 spiro atoms. The van der Waals surface area contributed by atoms with Gasteiger partial charge in [-0.1, -0.05) is 36.4 Å². The molecule has 2 aromatic carbocycles. The Hall–Kier alpha value is -1.88. The van der Waals surface area contributed by atoms with Gasteiger partial charge in [0.2, 0.25) is 0 Å². The highest BCUT2D eigenvalue weighted by molar-refractivity contribution is 6.07. The van der Waals surface area contributed by atoms with E-state index in [9.17, 15) is 5.11 Å². The molecule has 1 aliphatic heterocycles. The molecule has 2 heterocycles. The zero-order valence-electron chi connectivity index (χ0n) is 15.3. The van der Waals surface area contributed by atoms with E-state index in [1.54, 1.807) is 0 Å². The van der Waals surface area contributed by atoms with Crippen LogP contribution in [0.5, 0.6) is 0 Å². The standard InChI is InChI=1S/C21H27N3O/c1-15-12-16(2)24(22(15)3)14-17(25)13-23-20-10-6-4-8-18(20)19-9-5-7-11-21(19)23/h4-11,15-17,25H,12-14H2,1-3H3. The van der Waals surface area contributed by atoms with Gasteiger partial charge in [0.05, 0.1) is 12.6 Å². The number of aromatic nitrogens is 1. The van der Waals surface area contributed by atoms with Crippen LogP contribution >= 0.6 is 0 Å². The molecule has 3 aromatic rings. The first-order valence-corrected chi connectivity index (χ1v) is 9.19. The third-order valence-corrected chi connectivity index (χ3v) is 5.71. The summed E-state index contributed by atoms with van der Waals surface area (Å²) >= 11 is 0. The number of hydrogen-bond acceptors (Lipinski definition) is 3. The fourth-order valence-electron chi connectivity index (χ4n) is 4.33. The molecule has 0 saturated carbocycles. The van der Waals surface area contributed by atoms with Crippen LogP contribution in [0.4, 0.5) is 0 Å². The third-order valence-electron chi connectivity index (χ3n) is 5.71. The van der Waals surface area contributed by atoms with Gasteiger partial charge in [-0.3, -0.25) is 0 Å². The molecule has 132 valence electrons. The second kappa shape index (κ2) is 6.45. The van der Waals surface area contributed by atoms with Crippen LogP contribution in [0.3, 0.4) is 0 Å². The number of nitrogens with zero attached hydrogens (tertiary/aromatic N) is 3. The lowest BCUT2D eigenvalue weighted by molar-refractivity contribution is -0.0322. The molecular weight excluding hydrogens is 310 g/mol. The van der Waals surface area contributed by atoms with Crippen LogP contribution in [0.25, 0.3) is 21.8 Å². The second-order valence-electron chi connectivity index (χ2n) is 7.43. The quantitative estimate of drug-likeness (QED) is 0.791. The summed E-state index contributed by atoms with van der Waals surface area (Å²) in [5.74, 6) is 0. The smallest absolute Gasteiger partial charge is 0.0860 e. The maximum atomic E-state index is 10.8. The Morgan fingerprint density at radius 2 is 1.48 bits per heavy atom. The van der Waals surface area contributed by atoms with Crippen molar-refractivity contribution in [3.05, 3.63) is 48.5 Å². The molecule has 4 heteroatoms. The molecule has 3 atom stereocenters. The highest BCUT2D eigenvalue weighted by Gasteiger charge is 2.32.